The molecule has 2 aliphatic carbocycles. The summed E-state index contributed by atoms with van der Waals surface area (Å²) in [5.74, 6) is 0.231. The van der Waals surface area contributed by atoms with Crippen molar-refractivity contribution in [2.45, 2.75) is 61.2 Å². The van der Waals surface area contributed by atoms with Crippen molar-refractivity contribution >= 4 is 32.4 Å². The summed E-state index contributed by atoms with van der Waals surface area (Å²) >= 11 is 1.40. The molecule has 0 unspecified atom stereocenters. The van der Waals surface area contributed by atoms with Crippen LogP contribution in [0.5, 0.6) is 0 Å². The highest BCUT2D eigenvalue weighted by Gasteiger charge is 2.53. The van der Waals surface area contributed by atoms with Crippen molar-refractivity contribution in [1.29, 1.82) is 0 Å². The Bertz CT molecular complexity index is 1250. The molecular formula is C25H28N4O3S2. The molecule has 0 saturated heterocycles. The highest BCUT2D eigenvalue weighted by Crippen LogP contribution is 2.53. The third-order valence-electron chi connectivity index (χ3n) is 6.88. The van der Waals surface area contributed by atoms with E-state index in [2.05, 4.69) is 20.0 Å². The number of hydrogen-bond acceptors (Lipinski definition) is 6. The Labute approximate surface area is 204 Å². The van der Waals surface area contributed by atoms with Crippen LogP contribution >= 0.6 is 11.3 Å². The molecular weight excluding hydrogens is 468 g/mol. The number of sulfonamides is 1. The minimum Gasteiger partial charge on any atom is -0.301 e. The predicted molar refractivity (Wildman–Crippen MR) is 132 cm³/mol. The van der Waals surface area contributed by atoms with E-state index in [1.807, 2.05) is 35.7 Å². The van der Waals surface area contributed by atoms with E-state index in [0.29, 0.717) is 11.6 Å². The normalized spacial score (nSPS) is 17.5. The van der Waals surface area contributed by atoms with E-state index in [1.165, 1.54) is 11.3 Å². The van der Waals surface area contributed by atoms with Crippen LogP contribution in [0.25, 0.3) is 0 Å². The predicted octanol–water partition coefficient (Wildman–Crippen LogP) is 4.39. The molecule has 9 heteroatoms. The van der Waals surface area contributed by atoms with Crippen molar-refractivity contribution < 1.29 is 13.2 Å². The Kier molecular flexibility index (Phi) is 6.50. The number of thiazole rings is 1. The number of nitrogens with zero attached hydrogens (tertiary/aromatic N) is 2. The van der Waals surface area contributed by atoms with Gasteiger partial charge in [0.1, 0.15) is 0 Å². The van der Waals surface area contributed by atoms with E-state index >= 15 is 0 Å². The van der Waals surface area contributed by atoms with Gasteiger partial charge in [-0.1, -0.05) is 25.0 Å². The van der Waals surface area contributed by atoms with Crippen LogP contribution in [0.4, 0.5) is 5.13 Å². The number of hydrogen-bond donors (Lipinski definition) is 2. The standard InChI is InChI=1S/C25H28N4O3S2/c30-23(29-24-27-15-16-33-24)25(11-12-25)22-9-8-20(17-21(22)18-5-1-2-6-18)34(31,32)28-14-10-19-7-3-4-13-26-19/h3-4,7-9,13,15-18,28H,1-2,5-6,10-12,14H2,(H,27,29,30). The van der Waals surface area contributed by atoms with Gasteiger partial charge < -0.3 is 5.32 Å². The maximum Gasteiger partial charge on any atom is 0.240 e. The minimum absolute atomic E-state index is 0.0502. The maximum absolute atomic E-state index is 13.2. The molecule has 2 aliphatic rings. The van der Waals surface area contributed by atoms with Crippen LogP contribution in [0.15, 0.2) is 59.1 Å². The van der Waals surface area contributed by atoms with E-state index in [0.717, 1.165) is 55.3 Å². The zero-order valence-corrected chi connectivity index (χ0v) is 20.5. The molecule has 2 heterocycles. The van der Waals surface area contributed by atoms with Gasteiger partial charge in [0.25, 0.3) is 0 Å². The minimum atomic E-state index is -3.67. The Morgan fingerprint density at radius 3 is 2.59 bits per heavy atom. The number of nitrogens with one attached hydrogen (secondary N) is 2. The quantitative estimate of drug-likeness (QED) is 0.458. The summed E-state index contributed by atoms with van der Waals surface area (Å²) in [6.45, 7) is 0.278. The lowest BCUT2D eigenvalue weighted by Gasteiger charge is -2.23. The Hall–Kier alpha value is -2.62. The third kappa shape index (κ3) is 4.78. The van der Waals surface area contributed by atoms with Crippen molar-refractivity contribution in [2.24, 2.45) is 0 Å². The lowest BCUT2D eigenvalue weighted by molar-refractivity contribution is -0.118. The molecule has 7 nitrogen and oxygen atoms in total. The first-order valence-corrected chi connectivity index (χ1v) is 14.1. The number of carbonyl (C=O) groups is 1. The van der Waals surface area contributed by atoms with Gasteiger partial charge >= 0.3 is 0 Å². The highest BCUT2D eigenvalue weighted by atomic mass is 32.2. The van der Waals surface area contributed by atoms with Crippen molar-refractivity contribution in [3.8, 4) is 0 Å². The van der Waals surface area contributed by atoms with Gasteiger partial charge in [0.15, 0.2) is 5.13 Å². The number of rotatable bonds is 9. The van der Waals surface area contributed by atoms with Crippen molar-refractivity contribution in [3.05, 3.63) is 71.0 Å². The monoisotopic (exact) mass is 496 g/mol. The van der Waals surface area contributed by atoms with Gasteiger partial charge in [-0.15, -0.1) is 11.3 Å². The van der Waals surface area contributed by atoms with Gasteiger partial charge in [-0.3, -0.25) is 9.78 Å². The Morgan fingerprint density at radius 2 is 1.91 bits per heavy atom. The van der Waals surface area contributed by atoms with Crippen LogP contribution in [0.3, 0.4) is 0 Å². The fourth-order valence-corrected chi connectivity index (χ4v) is 6.50. The molecule has 1 aromatic carbocycles. The third-order valence-corrected chi connectivity index (χ3v) is 9.03. The average Bonchev–Trinajstić information content (AvgIpc) is 3.21. The molecule has 0 spiro atoms. The van der Waals surface area contributed by atoms with Crippen molar-refractivity contribution in [2.75, 3.05) is 11.9 Å². The van der Waals surface area contributed by atoms with E-state index in [1.54, 1.807) is 18.5 Å². The summed E-state index contributed by atoms with van der Waals surface area (Å²) in [6, 6.07) is 10.9. The zero-order valence-electron chi connectivity index (χ0n) is 18.9. The molecule has 1 amide bonds. The first-order valence-electron chi connectivity index (χ1n) is 11.7. The summed E-state index contributed by atoms with van der Waals surface area (Å²) in [5.41, 5.74) is 2.23. The lowest BCUT2D eigenvalue weighted by Crippen LogP contribution is -2.30. The molecule has 2 aromatic heterocycles. The first-order chi connectivity index (χ1) is 16.5. The maximum atomic E-state index is 13.2. The summed E-state index contributed by atoms with van der Waals surface area (Å²) in [4.78, 5) is 21.9. The summed E-state index contributed by atoms with van der Waals surface area (Å²) in [5, 5.41) is 5.39. The fraction of sp³-hybridized carbons (Fsp3) is 0.400. The largest absolute Gasteiger partial charge is 0.301 e. The smallest absolute Gasteiger partial charge is 0.240 e. The fourth-order valence-electron chi connectivity index (χ4n) is 4.91. The number of benzene rings is 1. The lowest BCUT2D eigenvalue weighted by atomic mass is 9.84. The van der Waals surface area contributed by atoms with Crippen LogP contribution in [0.1, 0.15) is 61.3 Å². The molecule has 34 heavy (non-hydrogen) atoms. The number of anilines is 1. The van der Waals surface area contributed by atoms with Crippen LogP contribution in [0.2, 0.25) is 0 Å². The van der Waals surface area contributed by atoms with E-state index in [9.17, 15) is 13.2 Å². The molecule has 2 N–H and O–H groups in total. The van der Waals surface area contributed by atoms with Crippen molar-refractivity contribution in [3.63, 3.8) is 0 Å². The molecule has 3 aromatic rings. The van der Waals surface area contributed by atoms with Crippen LogP contribution in [-0.2, 0) is 26.7 Å². The van der Waals surface area contributed by atoms with Crippen LogP contribution in [0, 0.1) is 0 Å². The van der Waals surface area contributed by atoms with Gasteiger partial charge in [-0.05, 0) is 67.0 Å². The molecule has 178 valence electrons. The van der Waals surface area contributed by atoms with Crippen LogP contribution < -0.4 is 10.0 Å². The van der Waals surface area contributed by atoms with Gasteiger partial charge in [-0.25, -0.2) is 18.1 Å². The average molecular weight is 497 g/mol. The number of carbonyl (C=O) groups excluding carboxylic acids is 1. The molecule has 0 atom stereocenters. The van der Waals surface area contributed by atoms with Crippen LogP contribution in [-0.4, -0.2) is 30.8 Å². The van der Waals surface area contributed by atoms with Gasteiger partial charge in [0.05, 0.1) is 10.3 Å². The van der Waals surface area contributed by atoms with Crippen molar-refractivity contribution in [1.82, 2.24) is 14.7 Å². The topological polar surface area (TPSA) is 101 Å². The second-order valence-corrected chi connectivity index (χ2v) is 11.7. The van der Waals surface area contributed by atoms with E-state index in [4.69, 9.17) is 0 Å². The Balaban J connectivity index is 1.40. The molecule has 2 saturated carbocycles. The molecule has 0 radical (unpaired) electrons. The highest BCUT2D eigenvalue weighted by molar-refractivity contribution is 7.89. The van der Waals surface area contributed by atoms with E-state index < -0.39 is 15.4 Å². The summed E-state index contributed by atoms with van der Waals surface area (Å²) < 4.78 is 28.9. The van der Waals surface area contributed by atoms with Gasteiger partial charge in [0, 0.05) is 36.4 Å². The molecule has 0 bridgehead atoms. The number of pyridine rings is 1. The number of amides is 1. The molecule has 5 rings (SSSR count). The Morgan fingerprint density at radius 1 is 1.09 bits per heavy atom. The first kappa shape index (κ1) is 23.1. The second-order valence-electron chi connectivity index (χ2n) is 9.07. The van der Waals surface area contributed by atoms with Gasteiger partial charge in [0.2, 0.25) is 15.9 Å². The van der Waals surface area contributed by atoms with E-state index in [-0.39, 0.29) is 23.3 Å². The molecule has 0 aliphatic heterocycles. The SMILES string of the molecule is O=C(Nc1nccs1)C1(c2ccc(S(=O)(=O)NCCc3ccccn3)cc2C2CCCC2)CC1. The zero-order chi connectivity index (χ0) is 23.6. The summed E-state index contributed by atoms with van der Waals surface area (Å²) in [7, 11) is -3.67. The number of aromatic nitrogens is 2. The van der Waals surface area contributed by atoms with Gasteiger partial charge in [-0.2, -0.15) is 0 Å². The summed E-state index contributed by atoms with van der Waals surface area (Å²) in [6.07, 6.45) is 9.72. The second kappa shape index (κ2) is 9.56. The molecule has 2 fully saturated rings.